The largest absolute Gasteiger partial charge is 0.465 e. The molecule has 0 saturated heterocycles. The van der Waals surface area contributed by atoms with Crippen LogP contribution in [0.15, 0.2) is 42.7 Å². The van der Waals surface area contributed by atoms with Crippen LogP contribution in [0.2, 0.25) is 25.7 Å². The van der Waals surface area contributed by atoms with E-state index in [1.54, 1.807) is 12.4 Å². The molecule has 0 bridgehead atoms. The van der Waals surface area contributed by atoms with Gasteiger partial charge in [0.15, 0.2) is 0 Å². The highest BCUT2D eigenvalue weighted by Gasteiger charge is 2.30. The Kier molecular flexibility index (Phi) is 8.83. The van der Waals surface area contributed by atoms with Gasteiger partial charge in [0.25, 0.3) is 0 Å². The number of nitrogens with one attached hydrogen (secondary N) is 2. The van der Waals surface area contributed by atoms with Crippen molar-refractivity contribution in [3.05, 3.63) is 42.7 Å². The van der Waals surface area contributed by atoms with Gasteiger partial charge in [-0.3, -0.25) is 14.3 Å². The maximum atomic E-state index is 13.3. The monoisotopic (exact) mass is 537 g/mol. The summed E-state index contributed by atoms with van der Waals surface area (Å²) in [6.45, 7) is 9.94. The Morgan fingerprint density at radius 2 is 1.89 bits per heavy atom. The summed E-state index contributed by atoms with van der Waals surface area (Å²) in [5, 5.41) is 15.6. The van der Waals surface area contributed by atoms with Crippen molar-refractivity contribution in [2.24, 2.45) is 11.8 Å². The Labute approximate surface area is 225 Å². The molecule has 3 N–H and O–H groups in total. The first-order chi connectivity index (χ1) is 18.1. The van der Waals surface area contributed by atoms with Crippen molar-refractivity contribution in [3.63, 3.8) is 0 Å². The molecule has 1 aliphatic carbocycles. The van der Waals surface area contributed by atoms with Crippen LogP contribution in [-0.2, 0) is 16.3 Å². The number of hydrogen-bond donors (Lipinski definition) is 3. The zero-order chi connectivity index (χ0) is 27.3. The molecule has 0 radical (unpaired) electrons. The third-order valence-corrected chi connectivity index (χ3v) is 9.10. The highest BCUT2D eigenvalue weighted by Crippen LogP contribution is 2.34. The second kappa shape index (κ2) is 12.1. The van der Waals surface area contributed by atoms with E-state index in [0.29, 0.717) is 13.3 Å². The van der Waals surface area contributed by atoms with Gasteiger partial charge in [-0.15, -0.1) is 0 Å². The second-order valence-electron chi connectivity index (χ2n) is 11.5. The van der Waals surface area contributed by atoms with Gasteiger partial charge < -0.3 is 20.5 Å². The number of anilines is 1. The van der Waals surface area contributed by atoms with Crippen molar-refractivity contribution in [1.29, 1.82) is 0 Å². The minimum Gasteiger partial charge on any atom is -0.465 e. The van der Waals surface area contributed by atoms with Crippen LogP contribution < -0.4 is 10.6 Å². The van der Waals surface area contributed by atoms with E-state index in [0.717, 1.165) is 59.8 Å². The SMILES string of the molecule is CC(NC(=O)O)[C@H]1CC[C@H](C(=O)Nc2ccnc3c2cc(-c2ccccn2)n3COCC[Si](C)(C)C)CC1. The predicted octanol–water partition coefficient (Wildman–Crippen LogP) is 5.81. The molecule has 0 aliphatic heterocycles. The number of amides is 2. The molecule has 38 heavy (non-hydrogen) atoms. The third-order valence-electron chi connectivity index (χ3n) is 7.40. The molecule has 3 aromatic rings. The van der Waals surface area contributed by atoms with E-state index in [1.807, 2.05) is 41.8 Å². The first kappa shape index (κ1) is 27.8. The zero-order valence-corrected chi connectivity index (χ0v) is 23.7. The quantitative estimate of drug-likeness (QED) is 0.222. The van der Waals surface area contributed by atoms with Crippen LogP contribution in [0.5, 0.6) is 0 Å². The van der Waals surface area contributed by atoms with E-state index in [9.17, 15) is 9.59 Å². The molecule has 4 rings (SSSR count). The van der Waals surface area contributed by atoms with Gasteiger partial charge in [0.05, 0.1) is 17.1 Å². The standard InChI is InChI=1S/C28H39N5O4Si/c1-19(31-28(35)36)20-8-10-21(11-9-20)27(34)32-23-12-14-30-26-22(23)17-25(24-7-5-6-13-29-24)33(26)18-37-15-16-38(2,3)4/h5-7,12-14,17,19-21,31H,8-11,15-16,18H2,1-4H3,(H,35,36)(H,30,32,34)/t19?,20-,21-. The maximum Gasteiger partial charge on any atom is 0.404 e. The molecule has 1 saturated carbocycles. The highest BCUT2D eigenvalue weighted by molar-refractivity contribution is 6.76. The van der Waals surface area contributed by atoms with Gasteiger partial charge in [0.2, 0.25) is 5.91 Å². The summed E-state index contributed by atoms with van der Waals surface area (Å²) in [4.78, 5) is 33.4. The van der Waals surface area contributed by atoms with Crippen LogP contribution in [0.25, 0.3) is 22.4 Å². The van der Waals surface area contributed by atoms with E-state index in [2.05, 4.69) is 40.2 Å². The average molecular weight is 538 g/mol. The minimum absolute atomic E-state index is 0.00619. The lowest BCUT2D eigenvalue weighted by atomic mass is 9.78. The molecule has 9 nitrogen and oxygen atoms in total. The van der Waals surface area contributed by atoms with Crippen molar-refractivity contribution in [1.82, 2.24) is 19.9 Å². The van der Waals surface area contributed by atoms with Crippen LogP contribution in [0.4, 0.5) is 10.5 Å². The van der Waals surface area contributed by atoms with E-state index in [1.165, 1.54) is 0 Å². The molecule has 1 unspecified atom stereocenters. The Balaban J connectivity index is 1.52. The summed E-state index contributed by atoms with van der Waals surface area (Å²) in [7, 11) is -1.21. The van der Waals surface area contributed by atoms with E-state index >= 15 is 0 Å². The van der Waals surface area contributed by atoms with Crippen LogP contribution in [0.3, 0.4) is 0 Å². The van der Waals surface area contributed by atoms with Gasteiger partial charge in [-0.05, 0) is 68.8 Å². The van der Waals surface area contributed by atoms with E-state index in [4.69, 9.17) is 9.84 Å². The molecule has 0 spiro atoms. The van der Waals surface area contributed by atoms with Crippen LogP contribution in [0.1, 0.15) is 32.6 Å². The van der Waals surface area contributed by atoms with Crippen molar-refractivity contribution < 1.29 is 19.4 Å². The van der Waals surface area contributed by atoms with Crippen molar-refractivity contribution in [2.45, 2.75) is 71.1 Å². The summed E-state index contributed by atoms with van der Waals surface area (Å²) in [6, 6.07) is 10.6. The topological polar surface area (TPSA) is 118 Å². The lowest BCUT2D eigenvalue weighted by Crippen LogP contribution is -2.39. The number of ether oxygens (including phenoxy) is 1. The van der Waals surface area contributed by atoms with Gasteiger partial charge in [0.1, 0.15) is 12.4 Å². The predicted molar refractivity (Wildman–Crippen MR) is 152 cm³/mol. The number of carbonyl (C=O) groups is 2. The molecule has 10 heteroatoms. The summed E-state index contributed by atoms with van der Waals surface area (Å²) in [5.41, 5.74) is 3.18. The Hall–Kier alpha value is -3.24. The molecule has 204 valence electrons. The van der Waals surface area contributed by atoms with Crippen LogP contribution in [-0.4, -0.2) is 52.4 Å². The number of pyridine rings is 2. The van der Waals surface area contributed by atoms with E-state index < -0.39 is 14.2 Å². The van der Waals surface area contributed by atoms with Crippen molar-refractivity contribution in [3.8, 4) is 11.4 Å². The average Bonchev–Trinajstić information content (AvgIpc) is 3.26. The third kappa shape index (κ3) is 6.99. The number of aromatic nitrogens is 3. The molecule has 1 atom stereocenters. The molecular weight excluding hydrogens is 498 g/mol. The van der Waals surface area contributed by atoms with Gasteiger partial charge in [-0.25, -0.2) is 9.78 Å². The van der Waals surface area contributed by atoms with Gasteiger partial charge in [-0.1, -0.05) is 25.7 Å². The molecule has 2 amide bonds. The lowest BCUT2D eigenvalue weighted by molar-refractivity contribution is -0.121. The first-order valence-corrected chi connectivity index (χ1v) is 17.1. The normalized spacial score (nSPS) is 18.7. The van der Waals surface area contributed by atoms with Crippen molar-refractivity contribution in [2.75, 3.05) is 11.9 Å². The number of rotatable bonds is 10. The minimum atomic E-state index is -1.21. The number of carboxylic acid groups (broad SMARTS) is 1. The van der Waals surface area contributed by atoms with Gasteiger partial charge in [0, 0.05) is 44.4 Å². The number of fused-ring (bicyclic) bond motifs is 1. The van der Waals surface area contributed by atoms with Gasteiger partial charge >= 0.3 is 6.09 Å². The molecule has 3 aromatic heterocycles. The summed E-state index contributed by atoms with van der Waals surface area (Å²) >= 11 is 0. The van der Waals surface area contributed by atoms with E-state index in [-0.39, 0.29) is 23.8 Å². The summed E-state index contributed by atoms with van der Waals surface area (Å²) in [6.07, 6.45) is 5.60. The Morgan fingerprint density at radius 3 is 2.55 bits per heavy atom. The summed E-state index contributed by atoms with van der Waals surface area (Å²) in [5.74, 6) is 0.140. The smallest absolute Gasteiger partial charge is 0.404 e. The first-order valence-electron chi connectivity index (χ1n) is 13.4. The number of carbonyl (C=O) groups excluding carboxylic acids is 1. The molecular formula is C28H39N5O4Si. The fourth-order valence-electron chi connectivity index (χ4n) is 5.08. The number of hydrogen-bond acceptors (Lipinski definition) is 5. The molecule has 0 aromatic carbocycles. The molecule has 3 heterocycles. The Morgan fingerprint density at radius 1 is 1.13 bits per heavy atom. The second-order valence-corrected chi connectivity index (χ2v) is 17.1. The fourth-order valence-corrected chi connectivity index (χ4v) is 5.83. The Bertz CT molecular complexity index is 1250. The van der Waals surface area contributed by atoms with Crippen LogP contribution in [0, 0.1) is 11.8 Å². The van der Waals surface area contributed by atoms with Gasteiger partial charge in [-0.2, -0.15) is 0 Å². The van der Waals surface area contributed by atoms with Crippen LogP contribution >= 0.6 is 0 Å². The molecule has 1 aliphatic rings. The maximum absolute atomic E-state index is 13.3. The fraction of sp³-hybridized carbons (Fsp3) is 0.500. The number of nitrogens with zero attached hydrogens (tertiary/aromatic N) is 3. The highest BCUT2D eigenvalue weighted by atomic mass is 28.3. The summed E-state index contributed by atoms with van der Waals surface area (Å²) < 4.78 is 8.12. The lowest BCUT2D eigenvalue weighted by Gasteiger charge is -2.31. The zero-order valence-electron chi connectivity index (χ0n) is 22.7. The molecule has 1 fully saturated rings. The van der Waals surface area contributed by atoms with Crippen molar-refractivity contribution >= 4 is 36.8 Å².